The summed E-state index contributed by atoms with van der Waals surface area (Å²) in [6, 6.07) is 0. The monoisotopic (exact) mass is 294 g/mol. The van der Waals surface area contributed by atoms with E-state index in [-0.39, 0.29) is 17.8 Å². The average molecular weight is 294 g/mol. The summed E-state index contributed by atoms with van der Waals surface area (Å²) < 4.78 is 4.90. The third kappa shape index (κ3) is 3.67. The van der Waals surface area contributed by atoms with Crippen molar-refractivity contribution in [3.63, 3.8) is 0 Å². The molecule has 0 aromatic heterocycles. The lowest BCUT2D eigenvalue weighted by Gasteiger charge is -2.44. The van der Waals surface area contributed by atoms with Gasteiger partial charge in [0.25, 0.3) is 0 Å². The maximum Gasteiger partial charge on any atom is 0.308 e. The van der Waals surface area contributed by atoms with Crippen LogP contribution in [-0.2, 0) is 14.3 Å². The van der Waals surface area contributed by atoms with Crippen LogP contribution < -0.4 is 0 Å². The molecule has 3 nitrogen and oxygen atoms in total. The van der Waals surface area contributed by atoms with E-state index in [4.69, 9.17) is 4.74 Å². The first-order valence-corrected chi connectivity index (χ1v) is 8.52. The molecule has 0 bridgehead atoms. The molecule has 120 valence electrons. The van der Waals surface area contributed by atoms with Gasteiger partial charge in [0, 0.05) is 5.92 Å². The van der Waals surface area contributed by atoms with Crippen molar-refractivity contribution in [1.29, 1.82) is 0 Å². The minimum absolute atomic E-state index is 0.0337. The van der Waals surface area contributed by atoms with Gasteiger partial charge in [-0.1, -0.05) is 13.8 Å². The van der Waals surface area contributed by atoms with E-state index >= 15 is 0 Å². The highest BCUT2D eigenvalue weighted by atomic mass is 16.5. The molecule has 21 heavy (non-hydrogen) atoms. The Morgan fingerprint density at radius 1 is 0.857 bits per heavy atom. The number of Topliss-reactive ketones (excluding diaryl/α,β-unsaturated/α-hetero) is 1. The summed E-state index contributed by atoms with van der Waals surface area (Å²) in [7, 11) is 1.49. The number of carbonyl (C=O) groups excluding carboxylic acids is 2. The molecule has 2 saturated carbocycles. The zero-order chi connectivity index (χ0) is 15.6. The van der Waals surface area contributed by atoms with E-state index in [1.54, 1.807) is 6.92 Å². The van der Waals surface area contributed by atoms with Gasteiger partial charge in [0.1, 0.15) is 5.78 Å². The largest absolute Gasteiger partial charge is 0.469 e. The van der Waals surface area contributed by atoms with Crippen molar-refractivity contribution in [3.8, 4) is 0 Å². The molecule has 2 fully saturated rings. The Labute approximate surface area is 128 Å². The predicted octanol–water partition coefficient (Wildman–Crippen LogP) is 3.85. The Kier molecular flexibility index (Phi) is 5.45. The van der Waals surface area contributed by atoms with E-state index in [9.17, 15) is 9.59 Å². The van der Waals surface area contributed by atoms with Crippen molar-refractivity contribution >= 4 is 11.8 Å². The lowest BCUT2D eigenvalue weighted by Crippen LogP contribution is -2.38. The fourth-order valence-corrected chi connectivity index (χ4v) is 4.86. The summed E-state index contributed by atoms with van der Waals surface area (Å²) >= 11 is 0. The maximum atomic E-state index is 11.7. The smallest absolute Gasteiger partial charge is 0.308 e. The second-order valence-corrected chi connectivity index (χ2v) is 7.44. The fraction of sp³-hybridized carbons (Fsp3) is 0.889. The molecule has 0 radical (unpaired) electrons. The van der Waals surface area contributed by atoms with Gasteiger partial charge >= 0.3 is 5.97 Å². The predicted molar refractivity (Wildman–Crippen MR) is 82.7 cm³/mol. The van der Waals surface area contributed by atoms with Gasteiger partial charge in [0.2, 0.25) is 0 Å². The number of methoxy groups -OCH3 is 1. The number of rotatable bonds is 3. The molecule has 0 N–H and O–H groups in total. The highest BCUT2D eigenvalue weighted by Crippen LogP contribution is 2.46. The minimum atomic E-state index is -0.0337. The molecule has 6 unspecified atom stereocenters. The minimum Gasteiger partial charge on any atom is -0.469 e. The van der Waals surface area contributed by atoms with E-state index in [0.717, 1.165) is 38.0 Å². The number of ketones is 1. The zero-order valence-electron chi connectivity index (χ0n) is 13.9. The Morgan fingerprint density at radius 3 is 1.76 bits per heavy atom. The SMILES string of the molecule is COC(=O)C1CCC(C2CCC(C(C)=O)CC2C)C(C)C1. The first kappa shape index (κ1) is 16.5. The molecule has 0 amide bonds. The fourth-order valence-electron chi connectivity index (χ4n) is 4.86. The van der Waals surface area contributed by atoms with Crippen LogP contribution in [0.25, 0.3) is 0 Å². The average Bonchev–Trinajstić information content (AvgIpc) is 2.46. The topological polar surface area (TPSA) is 43.4 Å². The molecule has 0 saturated heterocycles. The van der Waals surface area contributed by atoms with Crippen LogP contribution in [0.2, 0.25) is 0 Å². The molecule has 2 rings (SSSR count). The zero-order valence-corrected chi connectivity index (χ0v) is 13.9. The molecular weight excluding hydrogens is 264 g/mol. The number of hydrogen-bond acceptors (Lipinski definition) is 3. The van der Waals surface area contributed by atoms with Crippen LogP contribution in [-0.4, -0.2) is 18.9 Å². The van der Waals surface area contributed by atoms with Gasteiger partial charge in [0.05, 0.1) is 13.0 Å². The molecule has 6 atom stereocenters. The molecule has 2 aliphatic carbocycles. The summed E-state index contributed by atoms with van der Waals surface area (Å²) in [5, 5.41) is 0. The van der Waals surface area contributed by atoms with Gasteiger partial charge in [-0.2, -0.15) is 0 Å². The molecular formula is C18H30O3. The molecule has 0 aliphatic heterocycles. The summed E-state index contributed by atoms with van der Waals surface area (Å²) in [6.07, 6.45) is 6.39. The normalized spacial score (nSPS) is 40.6. The van der Waals surface area contributed by atoms with Crippen LogP contribution in [0, 0.1) is 35.5 Å². The van der Waals surface area contributed by atoms with Gasteiger partial charge in [-0.05, 0) is 69.1 Å². The van der Waals surface area contributed by atoms with Crippen LogP contribution in [0.5, 0.6) is 0 Å². The first-order chi connectivity index (χ1) is 9.93. The molecule has 0 aromatic rings. The highest BCUT2D eigenvalue weighted by molar-refractivity contribution is 5.78. The van der Waals surface area contributed by atoms with Crippen LogP contribution in [0.3, 0.4) is 0 Å². The lowest BCUT2D eigenvalue weighted by atomic mass is 9.61. The van der Waals surface area contributed by atoms with E-state index in [1.807, 2.05) is 0 Å². The Balaban J connectivity index is 1.94. The van der Waals surface area contributed by atoms with Crippen LogP contribution in [0.15, 0.2) is 0 Å². The number of ether oxygens (including phenoxy) is 1. The van der Waals surface area contributed by atoms with Crippen LogP contribution >= 0.6 is 0 Å². The Hall–Kier alpha value is -0.860. The van der Waals surface area contributed by atoms with E-state index in [1.165, 1.54) is 13.5 Å². The van der Waals surface area contributed by atoms with E-state index in [2.05, 4.69) is 13.8 Å². The van der Waals surface area contributed by atoms with Crippen molar-refractivity contribution in [2.24, 2.45) is 35.5 Å². The third-order valence-electron chi connectivity index (χ3n) is 6.13. The van der Waals surface area contributed by atoms with Gasteiger partial charge in [-0.3, -0.25) is 9.59 Å². The number of hydrogen-bond donors (Lipinski definition) is 0. The van der Waals surface area contributed by atoms with Gasteiger partial charge in [-0.25, -0.2) is 0 Å². The van der Waals surface area contributed by atoms with E-state index < -0.39 is 0 Å². The second kappa shape index (κ2) is 6.93. The summed E-state index contributed by atoms with van der Waals surface area (Å²) in [5.41, 5.74) is 0. The Bertz CT molecular complexity index is 390. The first-order valence-electron chi connectivity index (χ1n) is 8.52. The van der Waals surface area contributed by atoms with Crippen molar-refractivity contribution in [2.45, 2.75) is 59.3 Å². The van der Waals surface area contributed by atoms with Crippen LogP contribution in [0.4, 0.5) is 0 Å². The molecule has 0 heterocycles. The third-order valence-corrected chi connectivity index (χ3v) is 6.13. The number of esters is 1. The highest BCUT2D eigenvalue weighted by Gasteiger charge is 2.40. The van der Waals surface area contributed by atoms with Gasteiger partial charge < -0.3 is 4.74 Å². The molecule has 3 heteroatoms. The van der Waals surface area contributed by atoms with Crippen molar-refractivity contribution in [2.75, 3.05) is 7.11 Å². The lowest BCUT2D eigenvalue weighted by molar-refractivity contribution is -0.148. The van der Waals surface area contributed by atoms with Crippen molar-refractivity contribution in [1.82, 2.24) is 0 Å². The van der Waals surface area contributed by atoms with Gasteiger partial charge in [-0.15, -0.1) is 0 Å². The van der Waals surface area contributed by atoms with E-state index in [0.29, 0.717) is 23.5 Å². The maximum absolute atomic E-state index is 11.7. The van der Waals surface area contributed by atoms with Gasteiger partial charge in [0.15, 0.2) is 0 Å². The number of carbonyl (C=O) groups is 2. The van der Waals surface area contributed by atoms with Crippen LogP contribution in [0.1, 0.15) is 59.3 Å². The molecule has 0 aromatic carbocycles. The summed E-state index contributed by atoms with van der Waals surface area (Å²) in [4.78, 5) is 23.3. The van der Waals surface area contributed by atoms with Crippen molar-refractivity contribution in [3.05, 3.63) is 0 Å². The second-order valence-electron chi connectivity index (χ2n) is 7.44. The Morgan fingerprint density at radius 2 is 1.33 bits per heavy atom. The standard InChI is InChI=1S/C18H30O3/c1-11-9-14(13(3)19)5-7-16(11)17-8-6-15(10-12(17)2)18(20)21-4/h11-12,14-17H,5-10H2,1-4H3. The summed E-state index contributed by atoms with van der Waals surface area (Å²) in [6.45, 7) is 6.35. The molecule has 0 spiro atoms. The summed E-state index contributed by atoms with van der Waals surface area (Å²) in [5.74, 6) is 3.39. The molecule has 2 aliphatic rings. The van der Waals surface area contributed by atoms with Crippen molar-refractivity contribution < 1.29 is 14.3 Å². The quantitative estimate of drug-likeness (QED) is 0.742.